The topological polar surface area (TPSA) is 170 Å². The summed E-state index contributed by atoms with van der Waals surface area (Å²) in [6, 6.07) is -2.93. The van der Waals surface area contributed by atoms with Crippen molar-refractivity contribution in [2.24, 2.45) is 0 Å². The maximum atomic E-state index is 11.8. The summed E-state index contributed by atoms with van der Waals surface area (Å²) in [6.45, 7) is 1.07. The lowest BCUT2D eigenvalue weighted by Crippen LogP contribution is -2.52. The number of rotatable bonds is 9. The van der Waals surface area contributed by atoms with Gasteiger partial charge in [-0.1, -0.05) is 0 Å². The van der Waals surface area contributed by atoms with Crippen LogP contribution in [0.4, 0.5) is 0 Å². The molecular weight excluding hydrogens is 288 g/mol. The quantitative estimate of drug-likeness (QED) is 0.339. The van der Waals surface area contributed by atoms with Gasteiger partial charge in [-0.3, -0.25) is 19.2 Å². The van der Waals surface area contributed by atoms with Crippen LogP contribution in [0, 0.1) is 0 Å². The Kier molecular flexibility index (Phi) is 7.43. The molecule has 0 unspecified atom stereocenters. The van der Waals surface area contributed by atoms with Crippen molar-refractivity contribution in [1.82, 2.24) is 10.6 Å². The highest BCUT2D eigenvalue weighted by Crippen LogP contribution is 2.01. The third-order valence-corrected chi connectivity index (χ3v) is 2.33. The van der Waals surface area contributed by atoms with Gasteiger partial charge in [0.25, 0.3) is 0 Å². The number of carboxylic acid groups (broad SMARTS) is 3. The highest BCUT2D eigenvalue weighted by atomic mass is 16.4. The minimum Gasteiger partial charge on any atom is -0.481 e. The number of nitrogens with one attached hydrogen (secondary N) is 2. The van der Waals surface area contributed by atoms with Crippen LogP contribution in [0.15, 0.2) is 0 Å². The number of hydrogen-bond donors (Lipinski definition) is 5. The lowest BCUT2D eigenvalue weighted by Gasteiger charge is -2.19. The van der Waals surface area contributed by atoms with Crippen molar-refractivity contribution in [3.8, 4) is 0 Å². The van der Waals surface area contributed by atoms with Gasteiger partial charge >= 0.3 is 17.9 Å². The van der Waals surface area contributed by atoms with Gasteiger partial charge in [-0.15, -0.1) is 0 Å². The van der Waals surface area contributed by atoms with Gasteiger partial charge in [-0.25, -0.2) is 4.79 Å². The van der Waals surface area contributed by atoms with Crippen molar-refractivity contribution in [2.75, 3.05) is 0 Å². The zero-order chi connectivity index (χ0) is 16.6. The summed E-state index contributed by atoms with van der Waals surface area (Å²) >= 11 is 0. The minimum atomic E-state index is -1.49. The summed E-state index contributed by atoms with van der Waals surface area (Å²) in [5.74, 6) is -5.72. The molecule has 0 spiro atoms. The van der Waals surface area contributed by atoms with Crippen LogP contribution in [-0.4, -0.2) is 57.1 Å². The summed E-state index contributed by atoms with van der Waals surface area (Å²) in [7, 11) is 0. The SMILES string of the molecule is CC(=O)N[C@H](CC(=O)O)C(=O)N[C@H](CCC(=O)O)C(=O)O. The summed E-state index contributed by atoms with van der Waals surface area (Å²) in [5.41, 5.74) is 0. The summed E-state index contributed by atoms with van der Waals surface area (Å²) < 4.78 is 0. The molecule has 0 heterocycles. The molecule has 0 bridgehead atoms. The number of aliphatic carboxylic acids is 3. The lowest BCUT2D eigenvalue weighted by atomic mass is 10.1. The van der Waals surface area contributed by atoms with Crippen LogP contribution in [0.1, 0.15) is 26.2 Å². The van der Waals surface area contributed by atoms with Gasteiger partial charge in [-0.05, 0) is 6.42 Å². The van der Waals surface area contributed by atoms with E-state index in [0.717, 1.165) is 6.92 Å². The molecule has 2 atom stereocenters. The average molecular weight is 304 g/mol. The molecule has 0 radical (unpaired) electrons. The first-order chi connectivity index (χ1) is 9.63. The molecule has 118 valence electrons. The van der Waals surface area contributed by atoms with E-state index in [9.17, 15) is 24.0 Å². The fraction of sp³-hybridized carbons (Fsp3) is 0.545. The number of carboxylic acids is 3. The van der Waals surface area contributed by atoms with Crippen molar-refractivity contribution >= 4 is 29.7 Å². The average Bonchev–Trinajstić information content (AvgIpc) is 2.31. The van der Waals surface area contributed by atoms with Crippen molar-refractivity contribution in [3.05, 3.63) is 0 Å². The van der Waals surface area contributed by atoms with Crippen LogP contribution < -0.4 is 10.6 Å². The van der Waals surface area contributed by atoms with Gasteiger partial charge < -0.3 is 26.0 Å². The maximum absolute atomic E-state index is 11.8. The molecular formula is C11H16N2O8. The molecule has 0 aliphatic rings. The van der Waals surface area contributed by atoms with Gasteiger partial charge in [0.2, 0.25) is 11.8 Å². The van der Waals surface area contributed by atoms with Crippen molar-refractivity contribution in [1.29, 1.82) is 0 Å². The number of hydrogen-bond acceptors (Lipinski definition) is 5. The monoisotopic (exact) mass is 304 g/mol. The van der Waals surface area contributed by atoms with E-state index in [0.29, 0.717) is 0 Å². The van der Waals surface area contributed by atoms with E-state index in [4.69, 9.17) is 15.3 Å². The number of carbonyl (C=O) groups excluding carboxylic acids is 2. The molecule has 0 aliphatic carbocycles. The van der Waals surface area contributed by atoms with Crippen LogP contribution in [-0.2, 0) is 24.0 Å². The Hall–Kier alpha value is -2.65. The Bertz CT molecular complexity index is 432. The largest absolute Gasteiger partial charge is 0.481 e. The Labute approximate surface area is 119 Å². The molecule has 0 aromatic carbocycles. The molecule has 0 saturated carbocycles. The molecule has 0 aliphatic heterocycles. The third kappa shape index (κ3) is 8.18. The first-order valence-electron chi connectivity index (χ1n) is 5.87. The number of carbonyl (C=O) groups is 5. The Morgan fingerprint density at radius 1 is 0.905 bits per heavy atom. The molecule has 0 fully saturated rings. The molecule has 0 saturated heterocycles. The number of amides is 2. The third-order valence-electron chi connectivity index (χ3n) is 2.33. The van der Waals surface area contributed by atoms with E-state index in [1.54, 1.807) is 0 Å². The fourth-order valence-corrected chi connectivity index (χ4v) is 1.43. The van der Waals surface area contributed by atoms with Crippen molar-refractivity contribution < 1.29 is 39.3 Å². The van der Waals surface area contributed by atoms with Gasteiger partial charge in [-0.2, -0.15) is 0 Å². The second-order valence-corrected chi connectivity index (χ2v) is 4.18. The van der Waals surface area contributed by atoms with Gasteiger partial charge in [0.15, 0.2) is 0 Å². The molecule has 0 aromatic heterocycles. The van der Waals surface area contributed by atoms with Crippen LogP contribution in [0.3, 0.4) is 0 Å². The molecule has 21 heavy (non-hydrogen) atoms. The van der Waals surface area contributed by atoms with Crippen LogP contribution >= 0.6 is 0 Å². The fourth-order valence-electron chi connectivity index (χ4n) is 1.43. The zero-order valence-electron chi connectivity index (χ0n) is 11.2. The molecule has 10 heteroatoms. The van der Waals surface area contributed by atoms with Gasteiger partial charge in [0.05, 0.1) is 6.42 Å². The zero-order valence-corrected chi connectivity index (χ0v) is 11.2. The van der Waals surface area contributed by atoms with Crippen molar-refractivity contribution in [3.63, 3.8) is 0 Å². The molecule has 10 nitrogen and oxygen atoms in total. The smallest absolute Gasteiger partial charge is 0.326 e. The van der Waals surface area contributed by atoms with E-state index in [2.05, 4.69) is 5.32 Å². The molecule has 2 amide bonds. The second kappa shape index (κ2) is 8.51. The summed E-state index contributed by atoms with van der Waals surface area (Å²) in [5, 5.41) is 30.1. The van der Waals surface area contributed by atoms with Crippen LogP contribution in [0.25, 0.3) is 0 Å². The van der Waals surface area contributed by atoms with Crippen LogP contribution in [0.2, 0.25) is 0 Å². The van der Waals surface area contributed by atoms with Crippen LogP contribution in [0.5, 0.6) is 0 Å². The minimum absolute atomic E-state index is 0.365. The normalized spacial score (nSPS) is 12.8. The second-order valence-electron chi connectivity index (χ2n) is 4.18. The standard InChI is InChI=1S/C11H16N2O8/c1-5(14)12-7(4-9(17)18)10(19)13-6(11(20)21)2-3-8(15)16/h6-7H,2-4H2,1H3,(H,12,14)(H,13,19)(H,15,16)(H,17,18)(H,20,21)/t6-,7-/m1/s1. The highest BCUT2D eigenvalue weighted by Gasteiger charge is 2.27. The van der Waals surface area contributed by atoms with E-state index in [1.165, 1.54) is 0 Å². The first-order valence-corrected chi connectivity index (χ1v) is 5.87. The Balaban J connectivity index is 4.80. The van der Waals surface area contributed by atoms with E-state index in [-0.39, 0.29) is 6.42 Å². The predicted octanol–water partition coefficient (Wildman–Crippen LogP) is -1.60. The Morgan fingerprint density at radius 3 is 1.86 bits per heavy atom. The molecule has 5 N–H and O–H groups in total. The van der Waals surface area contributed by atoms with Gasteiger partial charge in [0.1, 0.15) is 12.1 Å². The van der Waals surface area contributed by atoms with E-state index >= 15 is 0 Å². The highest BCUT2D eigenvalue weighted by molar-refractivity contribution is 5.92. The maximum Gasteiger partial charge on any atom is 0.326 e. The van der Waals surface area contributed by atoms with Gasteiger partial charge in [0, 0.05) is 13.3 Å². The summed E-state index contributed by atoms with van der Waals surface area (Å²) in [6.07, 6.45) is -1.58. The van der Waals surface area contributed by atoms with E-state index < -0.39 is 54.6 Å². The molecule has 0 aromatic rings. The lowest BCUT2D eigenvalue weighted by molar-refractivity contribution is -0.144. The Morgan fingerprint density at radius 2 is 1.48 bits per heavy atom. The first kappa shape index (κ1) is 18.4. The van der Waals surface area contributed by atoms with Crippen molar-refractivity contribution in [2.45, 2.75) is 38.3 Å². The molecule has 0 rings (SSSR count). The predicted molar refractivity (Wildman–Crippen MR) is 66.3 cm³/mol. The summed E-state index contributed by atoms with van der Waals surface area (Å²) in [4.78, 5) is 54.6. The van der Waals surface area contributed by atoms with E-state index in [1.807, 2.05) is 5.32 Å².